The first kappa shape index (κ1) is 24.3. The van der Waals surface area contributed by atoms with Crippen molar-refractivity contribution in [2.75, 3.05) is 18.6 Å². The highest BCUT2D eigenvalue weighted by Crippen LogP contribution is 2.33. The first-order valence-corrected chi connectivity index (χ1v) is 12.3. The lowest BCUT2D eigenvalue weighted by atomic mass is 10.2. The van der Waals surface area contributed by atoms with Gasteiger partial charge in [0.25, 0.3) is 0 Å². The molecule has 1 saturated heterocycles. The summed E-state index contributed by atoms with van der Waals surface area (Å²) in [6.45, 7) is 7.67. The molecule has 1 amide bonds. The van der Waals surface area contributed by atoms with Gasteiger partial charge in [0.1, 0.15) is 23.8 Å². The molecule has 10 heteroatoms. The molecule has 3 heterocycles. The Morgan fingerprint density at radius 3 is 2.65 bits per heavy atom. The summed E-state index contributed by atoms with van der Waals surface area (Å²) in [6.07, 6.45) is 3.92. The van der Waals surface area contributed by atoms with E-state index in [0.717, 1.165) is 23.8 Å². The number of rotatable bonds is 6. The maximum atomic E-state index is 12.5. The van der Waals surface area contributed by atoms with E-state index in [1.165, 1.54) is 11.2 Å². The number of benzene rings is 1. The SMILES string of the molecule is Cc1ccc(S(=O)OCC2CCC(n3ccc4c(N(C)C(=O)OC(C)(C)C)ncnc43)O2)cc1. The number of nitrogens with zero attached hydrogens (tertiary/aromatic N) is 4. The van der Waals surface area contributed by atoms with Crippen LogP contribution in [0.1, 0.15) is 45.4 Å². The quantitative estimate of drug-likeness (QED) is 0.505. The number of anilines is 1. The van der Waals surface area contributed by atoms with Gasteiger partial charge in [-0.1, -0.05) is 17.7 Å². The Morgan fingerprint density at radius 2 is 1.94 bits per heavy atom. The lowest BCUT2D eigenvalue weighted by Gasteiger charge is -2.24. The molecule has 182 valence electrons. The predicted octanol–water partition coefficient (Wildman–Crippen LogP) is 4.53. The van der Waals surface area contributed by atoms with Gasteiger partial charge in [0, 0.05) is 13.2 Å². The highest BCUT2D eigenvalue weighted by molar-refractivity contribution is 7.80. The van der Waals surface area contributed by atoms with Crippen LogP contribution >= 0.6 is 0 Å². The predicted molar refractivity (Wildman–Crippen MR) is 129 cm³/mol. The van der Waals surface area contributed by atoms with Crippen LogP contribution in [-0.2, 0) is 24.7 Å². The van der Waals surface area contributed by atoms with Crippen LogP contribution < -0.4 is 4.90 Å². The molecule has 1 fully saturated rings. The molecule has 9 nitrogen and oxygen atoms in total. The summed E-state index contributed by atoms with van der Waals surface area (Å²) in [5, 5.41) is 0.722. The van der Waals surface area contributed by atoms with E-state index >= 15 is 0 Å². The zero-order chi connectivity index (χ0) is 24.5. The van der Waals surface area contributed by atoms with Gasteiger partial charge in [0.2, 0.25) is 0 Å². The maximum absolute atomic E-state index is 12.5. The molecule has 3 aromatic rings. The molecule has 3 unspecified atom stereocenters. The summed E-state index contributed by atoms with van der Waals surface area (Å²) < 4.78 is 31.6. The van der Waals surface area contributed by atoms with Gasteiger partial charge in [0.15, 0.2) is 16.9 Å². The van der Waals surface area contributed by atoms with Crippen LogP contribution in [-0.4, -0.2) is 50.2 Å². The van der Waals surface area contributed by atoms with Gasteiger partial charge < -0.3 is 14.0 Å². The number of carbonyl (C=O) groups is 1. The minimum absolute atomic E-state index is 0.178. The van der Waals surface area contributed by atoms with Crippen LogP contribution in [0.25, 0.3) is 11.0 Å². The molecule has 1 aromatic carbocycles. The fraction of sp³-hybridized carbons (Fsp3) is 0.458. The lowest BCUT2D eigenvalue weighted by molar-refractivity contribution is -0.0136. The Kier molecular flexibility index (Phi) is 7.01. The molecular formula is C24H30N4O5S. The van der Waals surface area contributed by atoms with Crippen molar-refractivity contribution in [1.82, 2.24) is 14.5 Å². The van der Waals surface area contributed by atoms with E-state index in [-0.39, 0.29) is 18.9 Å². The van der Waals surface area contributed by atoms with Crippen molar-refractivity contribution in [3.8, 4) is 0 Å². The van der Waals surface area contributed by atoms with Gasteiger partial charge in [-0.3, -0.25) is 9.08 Å². The van der Waals surface area contributed by atoms with Gasteiger partial charge in [-0.15, -0.1) is 0 Å². The molecule has 0 radical (unpaired) electrons. The highest BCUT2D eigenvalue weighted by atomic mass is 32.2. The van der Waals surface area contributed by atoms with E-state index in [2.05, 4.69) is 9.97 Å². The smallest absolute Gasteiger partial charge is 0.415 e. The molecule has 4 rings (SSSR count). The molecule has 3 atom stereocenters. The Hall–Kier alpha value is -2.82. The average molecular weight is 487 g/mol. The molecule has 0 N–H and O–H groups in total. The van der Waals surface area contributed by atoms with E-state index < -0.39 is 22.8 Å². The standard InChI is InChI=1S/C24H30N4O5S/c1-16-6-9-18(10-7-16)34(30)31-14-17-8-11-20(32-17)28-13-12-19-21(25-15-26-22(19)28)27(5)23(29)33-24(2,3)4/h6-7,9-10,12-13,15,17,20H,8,11,14H2,1-5H3. The number of hydrogen-bond acceptors (Lipinski definition) is 7. The number of aryl methyl sites for hydroxylation is 1. The molecule has 0 spiro atoms. The largest absolute Gasteiger partial charge is 0.443 e. The second kappa shape index (κ2) is 9.81. The highest BCUT2D eigenvalue weighted by Gasteiger charge is 2.30. The number of amides is 1. The van der Waals surface area contributed by atoms with Crippen LogP contribution in [0.2, 0.25) is 0 Å². The molecule has 0 aliphatic carbocycles. The first-order chi connectivity index (χ1) is 16.1. The van der Waals surface area contributed by atoms with Crippen LogP contribution in [0, 0.1) is 6.92 Å². The number of ether oxygens (including phenoxy) is 2. The normalized spacial score (nSPS) is 19.3. The van der Waals surface area contributed by atoms with E-state index in [9.17, 15) is 9.00 Å². The van der Waals surface area contributed by atoms with Crippen LogP contribution in [0.15, 0.2) is 47.8 Å². The second-order valence-corrected chi connectivity index (χ2v) is 10.5. The molecule has 2 aromatic heterocycles. The monoisotopic (exact) mass is 486 g/mol. The zero-order valence-electron chi connectivity index (χ0n) is 20.1. The molecule has 1 aliphatic heterocycles. The Balaban J connectivity index is 1.42. The topological polar surface area (TPSA) is 95.8 Å². The Bertz CT molecular complexity index is 1190. The third-order valence-corrected chi connectivity index (χ3v) is 6.45. The molecule has 1 aliphatic rings. The summed E-state index contributed by atoms with van der Waals surface area (Å²) in [4.78, 5) is 23.3. The van der Waals surface area contributed by atoms with E-state index in [0.29, 0.717) is 16.4 Å². The van der Waals surface area contributed by atoms with Crippen molar-refractivity contribution in [1.29, 1.82) is 0 Å². The summed E-state index contributed by atoms with van der Waals surface area (Å²) >= 11 is -1.54. The van der Waals surface area contributed by atoms with Crippen LogP contribution in [0.4, 0.5) is 10.6 Å². The number of fused-ring (bicyclic) bond motifs is 1. The molecular weight excluding hydrogens is 456 g/mol. The third kappa shape index (κ3) is 5.45. The maximum Gasteiger partial charge on any atom is 0.415 e. The zero-order valence-corrected chi connectivity index (χ0v) is 20.9. The second-order valence-electron chi connectivity index (χ2n) is 9.32. The fourth-order valence-electron chi connectivity index (χ4n) is 3.74. The first-order valence-electron chi connectivity index (χ1n) is 11.2. The fourth-order valence-corrected chi connectivity index (χ4v) is 4.51. The summed E-state index contributed by atoms with van der Waals surface area (Å²) in [6, 6.07) is 9.30. The number of carbonyl (C=O) groups excluding carboxylic acids is 1. The van der Waals surface area contributed by atoms with Crippen LogP contribution in [0.5, 0.6) is 0 Å². The van der Waals surface area contributed by atoms with Gasteiger partial charge in [-0.25, -0.2) is 19.0 Å². The van der Waals surface area contributed by atoms with Crippen molar-refractivity contribution >= 4 is 34.0 Å². The van der Waals surface area contributed by atoms with E-state index in [1.54, 1.807) is 19.2 Å². The van der Waals surface area contributed by atoms with E-state index in [1.807, 2.05) is 56.7 Å². The summed E-state index contributed by atoms with van der Waals surface area (Å²) in [7, 11) is 1.63. The van der Waals surface area contributed by atoms with E-state index in [4.69, 9.17) is 13.7 Å². The lowest BCUT2D eigenvalue weighted by Crippen LogP contribution is -2.34. The number of hydrogen-bond donors (Lipinski definition) is 0. The van der Waals surface area contributed by atoms with Gasteiger partial charge >= 0.3 is 6.09 Å². The summed E-state index contributed by atoms with van der Waals surface area (Å²) in [5.74, 6) is 0.462. The average Bonchev–Trinajstić information content (AvgIpc) is 3.43. The Morgan fingerprint density at radius 1 is 1.21 bits per heavy atom. The van der Waals surface area contributed by atoms with Crippen molar-refractivity contribution < 1.29 is 22.7 Å². The van der Waals surface area contributed by atoms with Crippen molar-refractivity contribution in [3.63, 3.8) is 0 Å². The van der Waals surface area contributed by atoms with Gasteiger partial charge in [-0.2, -0.15) is 0 Å². The third-order valence-electron chi connectivity index (χ3n) is 5.44. The van der Waals surface area contributed by atoms with Crippen molar-refractivity contribution in [2.45, 2.75) is 63.4 Å². The van der Waals surface area contributed by atoms with Crippen LogP contribution in [0.3, 0.4) is 0 Å². The molecule has 0 saturated carbocycles. The Labute approximate surface area is 201 Å². The molecule has 34 heavy (non-hydrogen) atoms. The minimum atomic E-state index is -1.54. The molecule has 0 bridgehead atoms. The summed E-state index contributed by atoms with van der Waals surface area (Å²) in [5.41, 5.74) is 1.16. The van der Waals surface area contributed by atoms with Gasteiger partial charge in [-0.05, 0) is 58.7 Å². The van der Waals surface area contributed by atoms with Crippen molar-refractivity contribution in [3.05, 3.63) is 48.4 Å². The van der Waals surface area contributed by atoms with Crippen molar-refractivity contribution in [2.24, 2.45) is 0 Å². The number of aromatic nitrogens is 3. The van der Waals surface area contributed by atoms with Gasteiger partial charge in [0.05, 0.1) is 23.0 Å². The minimum Gasteiger partial charge on any atom is -0.443 e.